The molecule has 4 amide bonds. The van der Waals surface area contributed by atoms with Crippen molar-refractivity contribution in [2.45, 2.75) is 24.8 Å². The third-order valence-electron chi connectivity index (χ3n) is 3.80. The number of hydrogen-bond donors (Lipinski definition) is 2. The summed E-state index contributed by atoms with van der Waals surface area (Å²) in [5.74, 6) is -0.327. The van der Waals surface area contributed by atoms with Gasteiger partial charge in [-0.1, -0.05) is 0 Å². The van der Waals surface area contributed by atoms with E-state index in [1.54, 1.807) is 16.2 Å². The summed E-state index contributed by atoms with van der Waals surface area (Å²) >= 11 is 1.56. The van der Waals surface area contributed by atoms with Gasteiger partial charge >= 0.3 is 6.03 Å². The molecule has 1 atom stereocenters. The van der Waals surface area contributed by atoms with Crippen LogP contribution in [0.25, 0.3) is 0 Å². The number of nitrogens with zero attached hydrogens (tertiary/aromatic N) is 1. The molecule has 0 aliphatic carbocycles. The Kier molecular flexibility index (Phi) is 3.21. The molecule has 2 fully saturated rings. The van der Waals surface area contributed by atoms with Crippen LogP contribution in [-0.4, -0.2) is 41.4 Å². The third kappa shape index (κ3) is 2.29. The molecule has 0 aromatic carbocycles. The number of piperidine rings is 1. The Morgan fingerprint density at radius 3 is 2.95 bits per heavy atom. The zero-order chi connectivity index (χ0) is 14.2. The lowest BCUT2D eigenvalue weighted by Gasteiger charge is -2.38. The highest BCUT2D eigenvalue weighted by Crippen LogP contribution is 2.25. The molecular formula is C13H15N3O3S. The third-order valence-corrected chi connectivity index (χ3v) is 4.53. The first-order valence-electron chi connectivity index (χ1n) is 6.51. The van der Waals surface area contributed by atoms with Gasteiger partial charge in [0.05, 0.1) is 13.0 Å². The molecule has 2 saturated heterocycles. The molecule has 1 spiro atoms. The van der Waals surface area contributed by atoms with Gasteiger partial charge in [0.2, 0.25) is 5.91 Å². The second kappa shape index (κ2) is 4.90. The zero-order valence-electron chi connectivity index (χ0n) is 10.8. The van der Waals surface area contributed by atoms with Crippen LogP contribution in [0.3, 0.4) is 0 Å². The summed E-state index contributed by atoms with van der Waals surface area (Å²) in [6.45, 7) is 0.890. The van der Waals surface area contributed by atoms with Crippen molar-refractivity contribution in [1.82, 2.24) is 15.5 Å². The SMILES string of the molecule is O=C1NC(=O)C2(CCCN(C(=O)Cc3ccsc3)C2)N1. The zero-order valence-corrected chi connectivity index (χ0v) is 11.7. The van der Waals surface area contributed by atoms with Gasteiger partial charge in [-0.05, 0) is 35.2 Å². The van der Waals surface area contributed by atoms with Crippen molar-refractivity contribution in [1.29, 1.82) is 0 Å². The highest BCUT2D eigenvalue weighted by atomic mass is 32.1. The molecule has 7 heteroatoms. The number of urea groups is 1. The van der Waals surface area contributed by atoms with Crippen LogP contribution in [0.5, 0.6) is 0 Å². The molecule has 2 aliphatic heterocycles. The first-order chi connectivity index (χ1) is 9.59. The molecule has 1 unspecified atom stereocenters. The van der Waals surface area contributed by atoms with Crippen molar-refractivity contribution in [2.24, 2.45) is 0 Å². The van der Waals surface area contributed by atoms with Crippen LogP contribution >= 0.6 is 11.3 Å². The van der Waals surface area contributed by atoms with Gasteiger partial charge < -0.3 is 10.2 Å². The second-order valence-electron chi connectivity index (χ2n) is 5.22. The number of amides is 4. The van der Waals surface area contributed by atoms with Gasteiger partial charge in [-0.15, -0.1) is 0 Å². The van der Waals surface area contributed by atoms with Gasteiger partial charge in [0.1, 0.15) is 5.54 Å². The molecule has 2 aliphatic rings. The average molecular weight is 293 g/mol. The smallest absolute Gasteiger partial charge is 0.322 e. The molecular weight excluding hydrogens is 278 g/mol. The Morgan fingerprint density at radius 1 is 1.45 bits per heavy atom. The minimum absolute atomic E-state index is 0.00331. The number of likely N-dealkylation sites (tertiary alicyclic amines) is 1. The standard InChI is InChI=1S/C13H15N3O3S/c17-10(6-9-2-5-20-7-9)16-4-1-3-13(8-16)11(18)14-12(19)15-13/h2,5,7H,1,3-4,6,8H2,(H2,14,15,18,19). The Bertz CT molecular complexity index is 557. The predicted octanol–water partition coefficient (Wildman–Crippen LogP) is 0.491. The van der Waals surface area contributed by atoms with Crippen LogP contribution in [0.4, 0.5) is 4.79 Å². The molecule has 2 N–H and O–H groups in total. The van der Waals surface area contributed by atoms with Crippen LogP contribution in [0.15, 0.2) is 16.8 Å². The number of hydrogen-bond acceptors (Lipinski definition) is 4. The summed E-state index contributed by atoms with van der Waals surface area (Å²) in [7, 11) is 0. The molecule has 0 bridgehead atoms. The minimum atomic E-state index is -0.931. The molecule has 1 aromatic rings. The van der Waals surface area contributed by atoms with Gasteiger partial charge in [-0.2, -0.15) is 11.3 Å². The van der Waals surface area contributed by atoms with Crippen LogP contribution in [0.1, 0.15) is 18.4 Å². The molecule has 6 nitrogen and oxygen atoms in total. The van der Waals surface area contributed by atoms with E-state index < -0.39 is 11.6 Å². The Balaban J connectivity index is 1.70. The molecule has 0 saturated carbocycles. The first kappa shape index (κ1) is 13.1. The highest BCUT2D eigenvalue weighted by molar-refractivity contribution is 7.08. The van der Waals surface area contributed by atoms with E-state index in [1.165, 1.54) is 0 Å². The van der Waals surface area contributed by atoms with Gasteiger partial charge in [-0.25, -0.2) is 4.79 Å². The molecule has 20 heavy (non-hydrogen) atoms. The lowest BCUT2D eigenvalue weighted by atomic mass is 9.89. The number of nitrogens with one attached hydrogen (secondary N) is 2. The Labute approximate surface area is 120 Å². The quantitative estimate of drug-likeness (QED) is 0.779. The minimum Gasteiger partial charge on any atom is -0.340 e. The maximum Gasteiger partial charge on any atom is 0.322 e. The highest BCUT2D eigenvalue weighted by Gasteiger charge is 2.49. The van der Waals surface area contributed by atoms with Crippen molar-refractivity contribution in [3.8, 4) is 0 Å². The van der Waals surface area contributed by atoms with E-state index in [4.69, 9.17) is 0 Å². The van der Waals surface area contributed by atoms with E-state index >= 15 is 0 Å². The lowest BCUT2D eigenvalue weighted by Crippen LogP contribution is -2.59. The maximum atomic E-state index is 12.3. The van der Waals surface area contributed by atoms with Crippen LogP contribution in [-0.2, 0) is 16.0 Å². The van der Waals surface area contributed by atoms with Gasteiger partial charge in [0.15, 0.2) is 0 Å². The molecule has 3 rings (SSSR count). The van der Waals surface area contributed by atoms with Gasteiger partial charge in [0, 0.05) is 6.54 Å². The van der Waals surface area contributed by atoms with Crippen molar-refractivity contribution >= 4 is 29.2 Å². The second-order valence-corrected chi connectivity index (χ2v) is 6.00. The summed E-state index contributed by atoms with van der Waals surface area (Å²) < 4.78 is 0. The first-order valence-corrected chi connectivity index (χ1v) is 7.46. The van der Waals surface area contributed by atoms with E-state index in [-0.39, 0.29) is 18.4 Å². The van der Waals surface area contributed by atoms with Crippen LogP contribution in [0, 0.1) is 0 Å². The fraction of sp³-hybridized carbons (Fsp3) is 0.462. The monoisotopic (exact) mass is 293 g/mol. The van der Waals surface area contributed by atoms with E-state index in [0.29, 0.717) is 25.8 Å². The summed E-state index contributed by atoms with van der Waals surface area (Å²) in [6.07, 6.45) is 1.63. The number of carbonyl (C=O) groups excluding carboxylic acids is 3. The summed E-state index contributed by atoms with van der Waals surface area (Å²) in [4.78, 5) is 37.2. The number of carbonyl (C=O) groups is 3. The van der Waals surface area contributed by atoms with Crippen molar-refractivity contribution in [2.75, 3.05) is 13.1 Å². The van der Waals surface area contributed by atoms with Crippen molar-refractivity contribution in [3.05, 3.63) is 22.4 Å². The number of imide groups is 1. The predicted molar refractivity (Wildman–Crippen MR) is 73.2 cm³/mol. The average Bonchev–Trinajstić information content (AvgIpc) is 2.99. The molecule has 3 heterocycles. The normalized spacial score (nSPS) is 25.7. The molecule has 1 aromatic heterocycles. The summed E-state index contributed by atoms with van der Waals surface area (Å²) in [6, 6.07) is 1.45. The summed E-state index contributed by atoms with van der Waals surface area (Å²) in [5, 5.41) is 8.81. The van der Waals surface area contributed by atoms with Crippen LogP contribution in [0.2, 0.25) is 0 Å². The molecule has 106 valence electrons. The largest absolute Gasteiger partial charge is 0.340 e. The summed E-state index contributed by atoms with van der Waals surface area (Å²) in [5.41, 5.74) is 0.0548. The number of rotatable bonds is 2. The van der Waals surface area contributed by atoms with Gasteiger partial charge in [-0.3, -0.25) is 14.9 Å². The van der Waals surface area contributed by atoms with E-state index in [9.17, 15) is 14.4 Å². The fourth-order valence-corrected chi connectivity index (χ4v) is 3.43. The maximum absolute atomic E-state index is 12.3. The van der Waals surface area contributed by atoms with Crippen molar-refractivity contribution in [3.63, 3.8) is 0 Å². The van der Waals surface area contributed by atoms with E-state index in [0.717, 1.165) is 5.56 Å². The Morgan fingerprint density at radius 2 is 2.30 bits per heavy atom. The van der Waals surface area contributed by atoms with E-state index in [1.807, 2.05) is 16.8 Å². The number of thiophene rings is 1. The molecule has 0 radical (unpaired) electrons. The fourth-order valence-electron chi connectivity index (χ4n) is 2.76. The van der Waals surface area contributed by atoms with Crippen molar-refractivity contribution < 1.29 is 14.4 Å². The lowest BCUT2D eigenvalue weighted by molar-refractivity contribution is -0.135. The topological polar surface area (TPSA) is 78.5 Å². The van der Waals surface area contributed by atoms with Gasteiger partial charge in [0.25, 0.3) is 5.91 Å². The Hall–Kier alpha value is -1.89. The van der Waals surface area contributed by atoms with Crippen LogP contribution < -0.4 is 10.6 Å². The van der Waals surface area contributed by atoms with E-state index in [2.05, 4.69) is 10.6 Å².